The van der Waals surface area contributed by atoms with Gasteiger partial charge in [-0.15, -0.1) is 0 Å². The molecule has 1 aromatic heterocycles. The lowest BCUT2D eigenvalue weighted by atomic mass is 10.1. The topological polar surface area (TPSA) is 47.2 Å². The van der Waals surface area contributed by atoms with E-state index in [-0.39, 0.29) is 5.54 Å². The van der Waals surface area contributed by atoms with Crippen molar-refractivity contribution in [2.45, 2.75) is 37.1 Å². The lowest BCUT2D eigenvalue weighted by Gasteiger charge is -2.11. The second-order valence-electron chi connectivity index (χ2n) is 5.85. The van der Waals surface area contributed by atoms with Gasteiger partial charge in [0, 0.05) is 5.92 Å². The molecule has 0 saturated heterocycles. The van der Waals surface area contributed by atoms with Gasteiger partial charge in [-0.3, -0.25) is 0 Å². The first-order chi connectivity index (χ1) is 10.2. The molecule has 0 N–H and O–H groups in total. The molecule has 106 valence electrons. The number of hydrogen-bond acceptors (Lipinski definition) is 3. The van der Waals surface area contributed by atoms with Crippen LogP contribution in [-0.4, -0.2) is 15.9 Å². The predicted octanol–water partition coefficient (Wildman–Crippen LogP) is 3.84. The smallest absolute Gasteiger partial charge is 0.235 e. The molecule has 21 heavy (non-hydrogen) atoms. The van der Waals surface area contributed by atoms with E-state index in [1.807, 2.05) is 10.9 Å². The molecule has 0 unspecified atom stereocenters. The van der Waals surface area contributed by atoms with E-state index in [9.17, 15) is 4.79 Å². The Labute approximate surface area is 131 Å². The van der Waals surface area contributed by atoms with Crippen molar-refractivity contribution in [1.29, 1.82) is 0 Å². The fraction of sp³-hybridized carbons (Fsp3) is 0.375. The molecule has 4 rings (SSSR count). The summed E-state index contributed by atoms with van der Waals surface area (Å²) in [5.74, 6) is 0.621. The van der Waals surface area contributed by atoms with E-state index in [1.54, 1.807) is 6.08 Å². The maximum atomic E-state index is 10.5. The van der Waals surface area contributed by atoms with Crippen molar-refractivity contribution in [2.24, 2.45) is 4.99 Å². The number of isocyanates is 1. The Kier molecular flexibility index (Phi) is 2.88. The molecular weight excluding hydrogens is 330 g/mol. The molecule has 1 aromatic carbocycles. The average Bonchev–Trinajstić information content (AvgIpc) is 3.41. The highest BCUT2D eigenvalue weighted by Gasteiger charge is 2.44. The predicted molar refractivity (Wildman–Crippen MR) is 82.3 cm³/mol. The van der Waals surface area contributed by atoms with Crippen LogP contribution < -0.4 is 0 Å². The summed E-state index contributed by atoms with van der Waals surface area (Å²) >= 11 is 3.59. The van der Waals surface area contributed by atoms with E-state index >= 15 is 0 Å². The molecule has 2 saturated carbocycles. The zero-order valence-electron chi connectivity index (χ0n) is 11.4. The third-order valence-electron chi connectivity index (χ3n) is 4.36. The van der Waals surface area contributed by atoms with Crippen LogP contribution in [0.4, 0.5) is 0 Å². The molecule has 1 heterocycles. The molecule has 0 atom stereocenters. The number of halogens is 1. The minimum atomic E-state index is -0.301. The van der Waals surface area contributed by atoms with Crippen LogP contribution in [0.25, 0.3) is 5.69 Å². The maximum absolute atomic E-state index is 10.5. The van der Waals surface area contributed by atoms with Crippen molar-refractivity contribution in [2.75, 3.05) is 0 Å². The van der Waals surface area contributed by atoms with Crippen LogP contribution in [0.1, 0.15) is 42.9 Å². The van der Waals surface area contributed by atoms with Gasteiger partial charge in [0.1, 0.15) is 0 Å². The normalized spacial score (nSPS) is 19.1. The molecule has 0 radical (unpaired) electrons. The molecular formula is C16H14BrN3O. The average molecular weight is 344 g/mol. The molecule has 0 amide bonds. The SMILES string of the molecule is O=C=NC1(c2ccc(-n3ncc(Br)c3C3CC3)cc2)CC1. The van der Waals surface area contributed by atoms with Gasteiger partial charge in [-0.25, -0.2) is 9.48 Å². The first-order valence-corrected chi connectivity index (χ1v) is 7.96. The van der Waals surface area contributed by atoms with Gasteiger partial charge >= 0.3 is 0 Å². The molecule has 0 aliphatic heterocycles. The molecule has 5 heteroatoms. The largest absolute Gasteiger partial charge is 0.236 e. The number of benzene rings is 1. The lowest BCUT2D eigenvalue weighted by molar-refractivity contribution is 0.556. The first kappa shape index (κ1) is 13.0. The summed E-state index contributed by atoms with van der Waals surface area (Å²) in [6, 6.07) is 8.22. The van der Waals surface area contributed by atoms with Crippen molar-refractivity contribution >= 4 is 22.0 Å². The van der Waals surface area contributed by atoms with Crippen molar-refractivity contribution in [3.05, 3.63) is 46.2 Å². The van der Waals surface area contributed by atoms with Gasteiger partial charge in [0.05, 0.1) is 27.6 Å². The van der Waals surface area contributed by atoms with Crippen molar-refractivity contribution in [3.8, 4) is 5.69 Å². The lowest BCUT2D eigenvalue weighted by Crippen LogP contribution is -2.05. The zero-order valence-corrected chi connectivity index (χ0v) is 13.0. The summed E-state index contributed by atoms with van der Waals surface area (Å²) in [5, 5.41) is 4.48. The highest BCUT2D eigenvalue weighted by molar-refractivity contribution is 9.10. The monoisotopic (exact) mass is 343 g/mol. The summed E-state index contributed by atoms with van der Waals surface area (Å²) < 4.78 is 3.09. The van der Waals surface area contributed by atoms with E-state index in [2.05, 4.69) is 50.3 Å². The highest BCUT2D eigenvalue weighted by Crippen LogP contribution is 2.49. The van der Waals surface area contributed by atoms with E-state index in [4.69, 9.17) is 0 Å². The third kappa shape index (κ3) is 2.17. The Morgan fingerprint density at radius 2 is 2.00 bits per heavy atom. The van der Waals surface area contributed by atoms with Crippen LogP contribution in [0.15, 0.2) is 39.9 Å². The van der Waals surface area contributed by atoms with Crippen LogP contribution in [0.2, 0.25) is 0 Å². The van der Waals surface area contributed by atoms with Crippen LogP contribution in [0, 0.1) is 0 Å². The molecule has 0 bridgehead atoms. The second kappa shape index (κ2) is 4.65. The van der Waals surface area contributed by atoms with E-state index in [0.29, 0.717) is 5.92 Å². The maximum Gasteiger partial charge on any atom is 0.235 e. The molecule has 4 nitrogen and oxygen atoms in total. The number of nitrogens with zero attached hydrogens (tertiary/aromatic N) is 3. The van der Waals surface area contributed by atoms with Crippen LogP contribution in [0.3, 0.4) is 0 Å². The van der Waals surface area contributed by atoms with Crippen LogP contribution >= 0.6 is 15.9 Å². The first-order valence-electron chi connectivity index (χ1n) is 7.17. The molecule has 2 aliphatic rings. The number of carbonyl (C=O) groups excluding carboxylic acids is 1. The van der Waals surface area contributed by atoms with E-state index in [1.165, 1.54) is 18.5 Å². The Morgan fingerprint density at radius 1 is 1.29 bits per heavy atom. The second-order valence-corrected chi connectivity index (χ2v) is 6.70. The fourth-order valence-electron chi connectivity index (χ4n) is 2.85. The van der Waals surface area contributed by atoms with Crippen molar-refractivity contribution in [1.82, 2.24) is 9.78 Å². The Hall–Kier alpha value is -1.71. The number of hydrogen-bond donors (Lipinski definition) is 0. The molecule has 2 aromatic rings. The highest BCUT2D eigenvalue weighted by atomic mass is 79.9. The summed E-state index contributed by atoms with van der Waals surface area (Å²) in [4.78, 5) is 14.5. The van der Waals surface area contributed by atoms with Crippen molar-refractivity contribution < 1.29 is 4.79 Å². The Balaban J connectivity index is 1.70. The van der Waals surface area contributed by atoms with E-state index < -0.39 is 0 Å². The number of rotatable bonds is 4. The Morgan fingerprint density at radius 3 is 2.57 bits per heavy atom. The summed E-state index contributed by atoms with van der Waals surface area (Å²) in [6.45, 7) is 0. The van der Waals surface area contributed by atoms with Gasteiger partial charge in [-0.1, -0.05) is 12.1 Å². The van der Waals surface area contributed by atoms with Gasteiger partial charge in [-0.05, 0) is 59.3 Å². The summed E-state index contributed by atoms with van der Waals surface area (Å²) in [7, 11) is 0. The quantitative estimate of drug-likeness (QED) is 0.625. The minimum Gasteiger partial charge on any atom is -0.236 e. The Bertz CT molecular complexity index is 735. The fourth-order valence-corrected chi connectivity index (χ4v) is 3.44. The minimum absolute atomic E-state index is 0.301. The summed E-state index contributed by atoms with van der Waals surface area (Å²) in [5.41, 5.74) is 3.10. The van der Waals surface area contributed by atoms with Crippen LogP contribution in [-0.2, 0) is 10.3 Å². The zero-order chi connectivity index (χ0) is 14.4. The van der Waals surface area contributed by atoms with E-state index in [0.717, 1.165) is 28.6 Å². The molecule has 2 aliphatic carbocycles. The standard InChI is InChI=1S/C16H14BrN3O/c17-14-9-19-20(15(14)11-1-2-11)13-5-3-12(4-6-13)16(7-8-16)18-10-21/h3-6,9,11H,1-2,7-8H2. The molecule has 2 fully saturated rings. The van der Waals surface area contributed by atoms with Gasteiger partial charge in [-0.2, -0.15) is 10.1 Å². The van der Waals surface area contributed by atoms with Gasteiger partial charge in [0.2, 0.25) is 6.08 Å². The van der Waals surface area contributed by atoms with Gasteiger partial charge in [0.15, 0.2) is 0 Å². The summed E-state index contributed by atoms with van der Waals surface area (Å²) in [6.07, 6.45) is 7.90. The van der Waals surface area contributed by atoms with Gasteiger partial charge < -0.3 is 0 Å². The van der Waals surface area contributed by atoms with Crippen molar-refractivity contribution in [3.63, 3.8) is 0 Å². The number of aliphatic imine (C=N–C) groups is 1. The van der Waals surface area contributed by atoms with Crippen LogP contribution in [0.5, 0.6) is 0 Å². The van der Waals surface area contributed by atoms with Gasteiger partial charge in [0.25, 0.3) is 0 Å². The third-order valence-corrected chi connectivity index (χ3v) is 4.97. The molecule has 0 spiro atoms. The number of aromatic nitrogens is 2.